The van der Waals surface area contributed by atoms with Crippen LogP contribution in [0.4, 0.5) is 0 Å². The first-order valence-electron chi connectivity index (χ1n) is 7.25. The zero-order chi connectivity index (χ0) is 16.3. The normalized spacial score (nSPS) is 19.8. The van der Waals surface area contributed by atoms with E-state index in [1.165, 1.54) is 15.2 Å². The molecule has 0 saturated carbocycles. The van der Waals surface area contributed by atoms with E-state index in [2.05, 4.69) is 17.0 Å². The van der Waals surface area contributed by atoms with Gasteiger partial charge in [-0.2, -0.15) is 9.40 Å². The van der Waals surface area contributed by atoms with Gasteiger partial charge in [-0.3, -0.25) is 9.48 Å². The van der Waals surface area contributed by atoms with E-state index in [1.54, 1.807) is 20.0 Å². The van der Waals surface area contributed by atoms with Gasteiger partial charge in [-0.1, -0.05) is 6.08 Å². The van der Waals surface area contributed by atoms with Crippen LogP contribution >= 0.6 is 0 Å². The van der Waals surface area contributed by atoms with Crippen LogP contribution in [-0.4, -0.2) is 48.0 Å². The van der Waals surface area contributed by atoms with Gasteiger partial charge in [-0.05, 0) is 19.8 Å². The Morgan fingerprint density at radius 2 is 2.32 bits per heavy atom. The van der Waals surface area contributed by atoms with Crippen molar-refractivity contribution in [2.45, 2.75) is 24.7 Å². The summed E-state index contributed by atoms with van der Waals surface area (Å²) in [6.07, 6.45) is 4.34. The third-order valence-electron chi connectivity index (χ3n) is 3.98. The third-order valence-corrected chi connectivity index (χ3v) is 5.95. The molecule has 122 valence electrons. The van der Waals surface area contributed by atoms with E-state index in [-0.39, 0.29) is 23.3 Å². The largest absolute Gasteiger partial charge is 0.352 e. The van der Waals surface area contributed by atoms with Crippen molar-refractivity contribution in [3.63, 3.8) is 0 Å². The van der Waals surface area contributed by atoms with Crippen LogP contribution in [-0.2, 0) is 21.9 Å². The average Bonchev–Trinajstić information content (AvgIpc) is 2.85. The first-order valence-corrected chi connectivity index (χ1v) is 8.69. The maximum atomic E-state index is 12.7. The molecule has 2 rings (SSSR count). The zero-order valence-electron chi connectivity index (χ0n) is 12.9. The van der Waals surface area contributed by atoms with Gasteiger partial charge in [0.1, 0.15) is 4.90 Å². The highest BCUT2D eigenvalue weighted by molar-refractivity contribution is 7.89. The van der Waals surface area contributed by atoms with E-state index in [0.29, 0.717) is 31.6 Å². The number of sulfonamides is 1. The number of nitrogens with zero attached hydrogens (tertiary/aromatic N) is 3. The van der Waals surface area contributed by atoms with Crippen LogP contribution in [0.2, 0.25) is 0 Å². The van der Waals surface area contributed by atoms with Crippen molar-refractivity contribution in [2.75, 3.05) is 19.6 Å². The number of nitrogens with one attached hydrogen (secondary N) is 1. The lowest BCUT2D eigenvalue weighted by molar-refractivity contribution is -0.125. The van der Waals surface area contributed by atoms with Crippen molar-refractivity contribution < 1.29 is 13.2 Å². The number of piperidine rings is 1. The minimum Gasteiger partial charge on any atom is -0.352 e. The minimum absolute atomic E-state index is 0.122. The summed E-state index contributed by atoms with van der Waals surface area (Å²) < 4.78 is 28.4. The van der Waals surface area contributed by atoms with Gasteiger partial charge in [-0.25, -0.2) is 8.42 Å². The molecular formula is C14H22N4O3S. The quantitative estimate of drug-likeness (QED) is 0.795. The first-order chi connectivity index (χ1) is 10.4. The molecule has 1 fully saturated rings. The summed E-state index contributed by atoms with van der Waals surface area (Å²) in [6.45, 7) is 6.31. The molecule has 22 heavy (non-hydrogen) atoms. The second kappa shape index (κ2) is 6.62. The lowest BCUT2D eigenvalue weighted by Crippen LogP contribution is -2.45. The summed E-state index contributed by atoms with van der Waals surface area (Å²) in [5, 5.41) is 6.73. The molecule has 1 aromatic rings. The molecule has 1 N–H and O–H groups in total. The standard InChI is InChI=1S/C14H22N4O3S/c1-4-7-15-14(19)12-6-5-8-18(10-12)22(20,21)13-9-16-17(3)11(13)2/h4,9,12H,1,5-8,10H2,2-3H3,(H,15,19). The van der Waals surface area contributed by atoms with E-state index in [9.17, 15) is 13.2 Å². The number of hydrogen-bond donors (Lipinski definition) is 1. The van der Waals surface area contributed by atoms with Crippen LogP contribution in [0.15, 0.2) is 23.7 Å². The van der Waals surface area contributed by atoms with Gasteiger partial charge in [0, 0.05) is 26.7 Å². The summed E-state index contributed by atoms with van der Waals surface area (Å²) in [5.41, 5.74) is 0.596. The molecular weight excluding hydrogens is 304 g/mol. The van der Waals surface area contributed by atoms with Gasteiger partial charge in [0.2, 0.25) is 15.9 Å². The monoisotopic (exact) mass is 326 g/mol. The van der Waals surface area contributed by atoms with Crippen LogP contribution in [0.25, 0.3) is 0 Å². The average molecular weight is 326 g/mol. The lowest BCUT2D eigenvalue weighted by atomic mass is 9.99. The van der Waals surface area contributed by atoms with Crippen molar-refractivity contribution in [2.24, 2.45) is 13.0 Å². The number of rotatable bonds is 5. The molecule has 2 heterocycles. The predicted octanol–water partition coefficient (Wildman–Crippen LogP) is 0.431. The molecule has 0 aromatic carbocycles. The number of hydrogen-bond acceptors (Lipinski definition) is 4. The topological polar surface area (TPSA) is 84.3 Å². The molecule has 8 heteroatoms. The number of amides is 1. The highest BCUT2D eigenvalue weighted by Gasteiger charge is 2.34. The summed E-state index contributed by atoms with van der Waals surface area (Å²) in [4.78, 5) is 12.3. The molecule has 1 atom stereocenters. The SMILES string of the molecule is C=CCNC(=O)C1CCCN(S(=O)(=O)c2cnn(C)c2C)C1. The minimum atomic E-state index is -3.61. The number of carbonyl (C=O) groups excluding carboxylic acids is 1. The highest BCUT2D eigenvalue weighted by atomic mass is 32.2. The maximum Gasteiger partial charge on any atom is 0.246 e. The van der Waals surface area contributed by atoms with Crippen molar-refractivity contribution in [3.05, 3.63) is 24.5 Å². The Morgan fingerprint density at radius 3 is 2.91 bits per heavy atom. The van der Waals surface area contributed by atoms with Crippen LogP contribution in [0, 0.1) is 12.8 Å². The van der Waals surface area contributed by atoms with Crippen LogP contribution < -0.4 is 5.32 Å². The third kappa shape index (κ3) is 3.22. The smallest absolute Gasteiger partial charge is 0.246 e. The van der Waals surface area contributed by atoms with Gasteiger partial charge in [0.05, 0.1) is 17.8 Å². The Hall–Kier alpha value is -1.67. The molecule has 1 aliphatic rings. The number of aryl methyl sites for hydroxylation is 1. The van der Waals surface area contributed by atoms with E-state index in [0.717, 1.165) is 0 Å². The second-order valence-corrected chi connectivity index (χ2v) is 7.36. The van der Waals surface area contributed by atoms with Crippen molar-refractivity contribution >= 4 is 15.9 Å². The zero-order valence-corrected chi connectivity index (χ0v) is 13.8. The fourth-order valence-electron chi connectivity index (χ4n) is 2.56. The fraction of sp³-hybridized carbons (Fsp3) is 0.571. The lowest BCUT2D eigenvalue weighted by Gasteiger charge is -2.31. The molecule has 1 unspecified atom stereocenters. The van der Waals surface area contributed by atoms with Gasteiger partial charge >= 0.3 is 0 Å². The highest BCUT2D eigenvalue weighted by Crippen LogP contribution is 2.25. The van der Waals surface area contributed by atoms with Crippen molar-refractivity contribution in [1.82, 2.24) is 19.4 Å². The van der Waals surface area contributed by atoms with E-state index < -0.39 is 10.0 Å². The second-order valence-electron chi connectivity index (χ2n) is 5.45. The van der Waals surface area contributed by atoms with Gasteiger partial charge in [-0.15, -0.1) is 6.58 Å². The van der Waals surface area contributed by atoms with Crippen molar-refractivity contribution in [3.8, 4) is 0 Å². The summed E-state index contributed by atoms with van der Waals surface area (Å²) in [7, 11) is -1.90. The molecule has 1 aliphatic heterocycles. The summed E-state index contributed by atoms with van der Waals surface area (Å²) in [5.74, 6) is -0.442. The van der Waals surface area contributed by atoms with Crippen molar-refractivity contribution in [1.29, 1.82) is 0 Å². The summed E-state index contributed by atoms with van der Waals surface area (Å²) in [6, 6.07) is 0. The van der Waals surface area contributed by atoms with E-state index in [1.807, 2.05) is 0 Å². The fourth-order valence-corrected chi connectivity index (χ4v) is 4.27. The van der Waals surface area contributed by atoms with E-state index >= 15 is 0 Å². The summed E-state index contributed by atoms with van der Waals surface area (Å²) >= 11 is 0. The molecule has 1 saturated heterocycles. The van der Waals surface area contributed by atoms with Gasteiger partial charge in [0.25, 0.3) is 0 Å². The Kier molecular flexibility index (Phi) is 5.02. The Labute approximate surface area is 131 Å². The Morgan fingerprint density at radius 1 is 1.59 bits per heavy atom. The van der Waals surface area contributed by atoms with E-state index in [4.69, 9.17) is 0 Å². The van der Waals surface area contributed by atoms with Crippen LogP contribution in [0.3, 0.4) is 0 Å². The molecule has 1 aromatic heterocycles. The Balaban J connectivity index is 2.16. The molecule has 0 radical (unpaired) electrons. The number of aromatic nitrogens is 2. The first kappa shape index (κ1) is 16.7. The molecule has 0 spiro atoms. The van der Waals surface area contributed by atoms with Gasteiger partial charge < -0.3 is 5.32 Å². The maximum absolute atomic E-state index is 12.7. The number of carbonyl (C=O) groups is 1. The molecule has 1 amide bonds. The van der Waals surface area contributed by atoms with Crippen LogP contribution in [0.1, 0.15) is 18.5 Å². The van der Waals surface area contributed by atoms with Crippen LogP contribution in [0.5, 0.6) is 0 Å². The molecule has 7 nitrogen and oxygen atoms in total. The predicted molar refractivity (Wildman–Crippen MR) is 82.6 cm³/mol. The molecule has 0 aliphatic carbocycles. The van der Waals surface area contributed by atoms with Gasteiger partial charge in [0.15, 0.2) is 0 Å². The molecule has 0 bridgehead atoms. The Bertz CT molecular complexity index is 666.